The predicted molar refractivity (Wildman–Crippen MR) is 107 cm³/mol. The van der Waals surface area contributed by atoms with Gasteiger partial charge in [0.2, 0.25) is 5.88 Å². The van der Waals surface area contributed by atoms with Crippen LogP contribution < -0.4 is 10.1 Å². The average molecular weight is 431 g/mol. The minimum absolute atomic E-state index is 0.0411. The molecule has 1 amide bonds. The molecule has 1 fully saturated rings. The molecule has 1 aliphatic rings. The van der Waals surface area contributed by atoms with Crippen LogP contribution in [0.1, 0.15) is 35.3 Å². The van der Waals surface area contributed by atoms with E-state index in [1.165, 1.54) is 0 Å². The molecule has 0 unspecified atom stereocenters. The van der Waals surface area contributed by atoms with Gasteiger partial charge in [0.25, 0.3) is 5.91 Å². The van der Waals surface area contributed by atoms with Gasteiger partial charge in [-0.15, -0.1) is 0 Å². The fourth-order valence-electron chi connectivity index (χ4n) is 3.38. The number of amides is 1. The van der Waals surface area contributed by atoms with Crippen LogP contribution in [-0.2, 0) is 10.9 Å². The number of alkyl halides is 3. The van der Waals surface area contributed by atoms with Crippen molar-refractivity contribution < 1.29 is 27.4 Å². The molecular weight excluding hydrogens is 411 g/mol. The van der Waals surface area contributed by atoms with E-state index in [-0.39, 0.29) is 23.1 Å². The molecule has 1 aliphatic carbocycles. The molecule has 4 rings (SSSR count). The molecule has 6 nitrogen and oxygen atoms in total. The van der Waals surface area contributed by atoms with E-state index in [2.05, 4.69) is 15.3 Å². The Hall–Kier alpha value is -3.20. The number of hydrogen-bond donors (Lipinski definition) is 1. The van der Waals surface area contributed by atoms with Gasteiger partial charge in [-0.05, 0) is 49.6 Å². The summed E-state index contributed by atoms with van der Waals surface area (Å²) < 4.78 is 48.9. The number of methoxy groups -OCH3 is 1. The van der Waals surface area contributed by atoms with E-state index in [9.17, 15) is 18.0 Å². The van der Waals surface area contributed by atoms with Gasteiger partial charge in [0.1, 0.15) is 11.4 Å². The second-order valence-electron chi connectivity index (χ2n) is 7.46. The summed E-state index contributed by atoms with van der Waals surface area (Å²) in [5.41, 5.74) is -0.242. The van der Waals surface area contributed by atoms with E-state index in [1.54, 1.807) is 37.4 Å². The van der Waals surface area contributed by atoms with Crippen molar-refractivity contribution >= 4 is 16.8 Å². The van der Waals surface area contributed by atoms with Gasteiger partial charge in [-0.1, -0.05) is 6.07 Å². The number of halogens is 3. The molecule has 0 aliphatic heterocycles. The molecule has 0 radical (unpaired) electrons. The molecule has 2 heterocycles. The van der Waals surface area contributed by atoms with Gasteiger partial charge in [-0.3, -0.25) is 4.79 Å². The molecule has 0 saturated heterocycles. The number of pyridine rings is 2. The molecule has 3 aromatic rings. The number of ether oxygens (including phenoxy) is 2. The van der Waals surface area contributed by atoms with Crippen molar-refractivity contribution in [2.24, 2.45) is 0 Å². The van der Waals surface area contributed by atoms with Crippen LogP contribution in [0.15, 0.2) is 48.7 Å². The quantitative estimate of drug-likeness (QED) is 0.610. The summed E-state index contributed by atoms with van der Waals surface area (Å²) >= 11 is 0. The van der Waals surface area contributed by atoms with Crippen molar-refractivity contribution in [3.05, 3.63) is 59.9 Å². The standard InChI is InChI=1S/C22H20F3N3O3/c1-30-21(9-2-10-21)13-27-20(29)18-6-3-14-11-16(5-7-17(14)28-18)31-19-8-4-15(12-26-19)22(23,24)25/h3-8,11-12H,2,9-10,13H2,1H3,(H,27,29). The number of nitrogens with one attached hydrogen (secondary N) is 1. The monoisotopic (exact) mass is 431 g/mol. The zero-order valence-corrected chi connectivity index (χ0v) is 16.7. The number of fused-ring (bicyclic) bond motifs is 1. The smallest absolute Gasteiger partial charge is 0.417 e. The van der Waals surface area contributed by atoms with Crippen LogP contribution in [0.3, 0.4) is 0 Å². The lowest BCUT2D eigenvalue weighted by molar-refractivity contribution is -0.137. The van der Waals surface area contributed by atoms with Gasteiger partial charge >= 0.3 is 6.18 Å². The van der Waals surface area contributed by atoms with Gasteiger partial charge in [-0.25, -0.2) is 9.97 Å². The van der Waals surface area contributed by atoms with Gasteiger partial charge in [0, 0.05) is 31.3 Å². The number of aromatic nitrogens is 2. The summed E-state index contributed by atoms with van der Waals surface area (Å²) in [7, 11) is 1.65. The van der Waals surface area contributed by atoms with E-state index in [4.69, 9.17) is 9.47 Å². The Bertz CT molecular complexity index is 1090. The fraction of sp³-hybridized carbons (Fsp3) is 0.318. The highest BCUT2D eigenvalue weighted by atomic mass is 19.4. The molecule has 1 saturated carbocycles. The van der Waals surface area contributed by atoms with Crippen LogP contribution >= 0.6 is 0 Å². The maximum Gasteiger partial charge on any atom is 0.417 e. The number of rotatable bonds is 6. The van der Waals surface area contributed by atoms with Crippen LogP contribution in [0.25, 0.3) is 10.9 Å². The highest BCUT2D eigenvalue weighted by Crippen LogP contribution is 2.34. The molecule has 0 bridgehead atoms. The first-order valence-electron chi connectivity index (χ1n) is 9.73. The van der Waals surface area contributed by atoms with Gasteiger partial charge in [0.05, 0.1) is 16.7 Å². The van der Waals surface area contributed by atoms with Gasteiger partial charge < -0.3 is 14.8 Å². The summed E-state index contributed by atoms with van der Waals surface area (Å²) in [4.78, 5) is 20.5. The Labute approximate surface area is 176 Å². The Kier molecular flexibility index (Phi) is 5.53. The summed E-state index contributed by atoms with van der Waals surface area (Å²) in [5.74, 6) is 0.157. The Morgan fingerprint density at radius 1 is 1.16 bits per heavy atom. The average Bonchev–Trinajstić information content (AvgIpc) is 2.72. The van der Waals surface area contributed by atoms with E-state index in [1.807, 2.05) is 0 Å². The first kappa shape index (κ1) is 21.0. The van der Waals surface area contributed by atoms with Gasteiger partial charge in [0.15, 0.2) is 0 Å². The molecule has 1 N–H and O–H groups in total. The summed E-state index contributed by atoms with van der Waals surface area (Å²) in [6.07, 6.45) is -0.798. The molecule has 162 valence electrons. The molecule has 0 atom stereocenters. The minimum atomic E-state index is -4.45. The molecule has 31 heavy (non-hydrogen) atoms. The van der Waals surface area contributed by atoms with E-state index in [0.29, 0.717) is 23.2 Å². The van der Waals surface area contributed by atoms with Crippen LogP contribution in [0.2, 0.25) is 0 Å². The van der Waals surface area contributed by atoms with Crippen molar-refractivity contribution in [1.29, 1.82) is 0 Å². The normalized spacial score (nSPS) is 15.4. The van der Waals surface area contributed by atoms with Crippen molar-refractivity contribution in [2.75, 3.05) is 13.7 Å². The maximum atomic E-state index is 12.6. The van der Waals surface area contributed by atoms with Crippen LogP contribution in [-0.4, -0.2) is 35.1 Å². The third-order valence-electron chi connectivity index (χ3n) is 5.45. The van der Waals surface area contributed by atoms with Crippen molar-refractivity contribution in [3.8, 4) is 11.6 Å². The first-order valence-corrected chi connectivity index (χ1v) is 9.73. The molecule has 1 aromatic carbocycles. The molecule has 0 spiro atoms. The topological polar surface area (TPSA) is 73.3 Å². The second kappa shape index (κ2) is 8.14. The lowest BCUT2D eigenvalue weighted by Gasteiger charge is -2.40. The maximum absolute atomic E-state index is 12.6. The number of nitrogens with zero attached hydrogens (tertiary/aromatic N) is 2. The first-order chi connectivity index (χ1) is 14.8. The third kappa shape index (κ3) is 4.61. The van der Waals surface area contributed by atoms with Gasteiger partial charge in [-0.2, -0.15) is 13.2 Å². The zero-order valence-electron chi connectivity index (χ0n) is 16.7. The van der Waals surface area contributed by atoms with Crippen LogP contribution in [0.4, 0.5) is 13.2 Å². The van der Waals surface area contributed by atoms with Crippen LogP contribution in [0.5, 0.6) is 11.6 Å². The van der Waals surface area contributed by atoms with Crippen molar-refractivity contribution in [1.82, 2.24) is 15.3 Å². The lowest BCUT2D eigenvalue weighted by atomic mass is 9.80. The Balaban J connectivity index is 1.44. The van der Waals surface area contributed by atoms with Crippen molar-refractivity contribution in [2.45, 2.75) is 31.0 Å². The molecule has 2 aromatic heterocycles. The predicted octanol–water partition coefficient (Wildman–Crippen LogP) is 4.74. The number of benzene rings is 1. The highest BCUT2D eigenvalue weighted by Gasteiger charge is 2.37. The summed E-state index contributed by atoms with van der Waals surface area (Å²) in [6, 6.07) is 10.4. The largest absolute Gasteiger partial charge is 0.439 e. The number of carbonyl (C=O) groups is 1. The van der Waals surface area contributed by atoms with Crippen LogP contribution in [0, 0.1) is 0 Å². The zero-order chi connectivity index (χ0) is 22.1. The minimum Gasteiger partial charge on any atom is -0.439 e. The Morgan fingerprint density at radius 2 is 1.97 bits per heavy atom. The van der Waals surface area contributed by atoms with Crippen molar-refractivity contribution in [3.63, 3.8) is 0 Å². The lowest BCUT2D eigenvalue weighted by Crippen LogP contribution is -2.49. The van der Waals surface area contributed by atoms with E-state index >= 15 is 0 Å². The fourth-order valence-corrected chi connectivity index (χ4v) is 3.38. The molecule has 9 heteroatoms. The highest BCUT2D eigenvalue weighted by molar-refractivity contribution is 5.95. The van der Waals surface area contributed by atoms with E-state index in [0.717, 1.165) is 37.6 Å². The SMILES string of the molecule is COC1(CNC(=O)c2ccc3cc(Oc4ccc(C(F)(F)F)cn4)ccc3n2)CCC1. The third-order valence-corrected chi connectivity index (χ3v) is 5.45. The second-order valence-corrected chi connectivity index (χ2v) is 7.46. The number of carbonyl (C=O) groups excluding carboxylic acids is 1. The number of hydrogen-bond acceptors (Lipinski definition) is 5. The molecular formula is C22H20F3N3O3. The summed E-state index contributed by atoms with van der Waals surface area (Å²) in [6.45, 7) is 0.439. The Morgan fingerprint density at radius 3 is 2.58 bits per heavy atom. The summed E-state index contributed by atoms with van der Waals surface area (Å²) in [5, 5.41) is 3.59. The van der Waals surface area contributed by atoms with E-state index < -0.39 is 11.7 Å².